The molecule has 0 fully saturated rings. The SMILES string of the molecule is O=C(Nc1ccn(Cc2cccc(Cl)c2)n1)c1ccc(-c2ccccc2)cc1. The lowest BCUT2D eigenvalue weighted by molar-refractivity contribution is 0.102. The summed E-state index contributed by atoms with van der Waals surface area (Å²) in [4.78, 5) is 12.5. The highest BCUT2D eigenvalue weighted by atomic mass is 35.5. The first-order valence-electron chi connectivity index (χ1n) is 8.92. The summed E-state index contributed by atoms with van der Waals surface area (Å²) in [6, 6.07) is 27.0. The highest BCUT2D eigenvalue weighted by molar-refractivity contribution is 6.30. The van der Waals surface area contributed by atoms with Crippen LogP contribution in [0, 0.1) is 0 Å². The molecule has 0 aliphatic rings. The van der Waals surface area contributed by atoms with Gasteiger partial charge in [0.15, 0.2) is 5.82 Å². The molecule has 0 spiro atoms. The zero-order valence-electron chi connectivity index (χ0n) is 15.0. The number of hydrogen-bond acceptors (Lipinski definition) is 2. The van der Waals surface area contributed by atoms with Gasteiger partial charge in [-0.05, 0) is 41.0 Å². The second-order valence-electron chi connectivity index (χ2n) is 6.43. The number of carbonyl (C=O) groups is 1. The van der Waals surface area contributed by atoms with Gasteiger partial charge in [-0.3, -0.25) is 9.48 Å². The normalized spacial score (nSPS) is 10.6. The van der Waals surface area contributed by atoms with Crippen molar-refractivity contribution in [2.24, 2.45) is 0 Å². The van der Waals surface area contributed by atoms with Gasteiger partial charge in [0, 0.05) is 22.8 Å². The zero-order valence-corrected chi connectivity index (χ0v) is 15.8. The fourth-order valence-corrected chi connectivity index (χ4v) is 3.18. The van der Waals surface area contributed by atoms with Gasteiger partial charge < -0.3 is 5.32 Å². The van der Waals surface area contributed by atoms with Crippen molar-refractivity contribution >= 4 is 23.3 Å². The number of carbonyl (C=O) groups excluding carboxylic acids is 1. The first-order chi connectivity index (χ1) is 13.7. The molecule has 0 bridgehead atoms. The van der Waals surface area contributed by atoms with Gasteiger partial charge in [-0.15, -0.1) is 0 Å². The van der Waals surface area contributed by atoms with Gasteiger partial charge >= 0.3 is 0 Å². The molecule has 138 valence electrons. The van der Waals surface area contributed by atoms with Crippen molar-refractivity contribution in [2.45, 2.75) is 6.54 Å². The second-order valence-corrected chi connectivity index (χ2v) is 6.86. The molecule has 4 rings (SSSR count). The van der Waals surface area contributed by atoms with E-state index in [-0.39, 0.29) is 5.91 Å². The Hall–Kier alpha value is -3.37. The van der Waals surface area contributed by atoms with Crippen LogP contribution in [-0.4, -0.2) is 15.7 Å². The molecule has 0 radical (unpaired) electrons. The number of halogens is 1. The van der Waals surface area contributed by atoms with Gasteiger partial charge in [-0.1, -0.05) is 66.2 Å². The molecule has 0 saturated heterocycles. The first kappa shape index (κ1) is 18.0. The van der Waals surface area contributed by atoms with Crippen molar-refractivity contribution in [3.05, 3.63) is 107 Å². The summed E-state index contributed by atoms with van der Waals surface area (Å²) in [6.45, 7) is 0.586. The summed E-state index contributed by atoms with van der Waals surface area (Å²) in [5.41, 5.74) is 3.83. The number of benzene rings is 3. The maximum absolute atomic E-state index is 12.5. The molecule has 0 unspecified atom stereocenters. The van der Waals surface area contributed by atoms with Crippen LogP contribution in [0.4, 0.5) is 5.82 Å². The Morgan fingerprint density at radius 1 is 0.893 bits per heavy atom. The summed E-state index contributed by atoms with van der Waals surface area (Å²) in [7, 11) is 0. The maximum Gasteiger partial charge on any atom is 0.256 e. The van der Waals surface area contributed by atoms with Gasteiger partial charge in [0.25, 0.3) is 5.91 Å². The van der Waals surface area contributed by atoms with Crippen molar-refractivity contribution in [3.63, 3.8) is 0 Å². The smallest absolute Gasteiger partial charge is 0.256 e. The third-order valence-electron chi connectivity index (χ3n) is 4.37. The van der Waals surface area contributed by atoms with E-state index in [2.05, 4.69) is 10.4 Å². The summed E-state index contributed by atoms with van der Waals surface area (Å²) in [5, 5.41) is 7.94. The van der Waals surface area contributed by atoms with Gasteiger partial charge in [-0.2, -0.15) is 5.10 Å². The van der Waals surface area contributed by atoms with E-state index < -0.39 is 0 Å². The number of hydrogen-bond donors (Lipinski definition) is 1. The molecule has 0 saturated carbocycles. The van der Waals surface area contributed by atoms with Crippen LogP contribution < -0.4 is 5.32 Å². The van der Waals surface area contributed by atoms with E-state index in [1.807, 2.05) is 85.1 Å². The van der Waals surface area contributed by atoms with Crippen LogP contribution in [0.1, 0.15) is 15.9 Å². The zero-order chi connectivity index (χ0) is 19.3. The van der Waals surface area contributed by atoms with Crippen LogP contribution in [0.25, 0.3) is 11.1 Å². The molecule has 3 aromatic carbocycles. The number of anilines is 1. The van der Waals surface area contributed by atoms with Crippen molar-refractivity contribution in [1.29, 1.82) is 0 Å². The third kappa shape index (κ3) is 4.30. The second kappa shape index (κ2) is 8.11. The molecule has 1 amide bonds. The Morgan fingerprint density at radius 2 is 1.64 bits per heavy atom. The molecule has 0 aliphatic heterocycles. The van der Waals surface area contributed by atoms with E-state index in [9.17, 15) is 4.79 Å². The van der Waals surface area contributed by atoms with E-state index in [1.165, 1.54) is 0 Å². The highest BCUT2D eigenvalue weighted by Gasteiger charge is 2.09. The fraction of sp³-hybridized carbons (Fsp3) is 0.0435. The minimum Gasteiger partial charge on any atom is -0.305 e. The minimum atomic E-state index is -0.187. The van der Waals surface area contributed by atoms with E-state index in [1.54, 1.807) is 10.7 Å². The third-order valence-corrected chi connectivity index (χ3v) is 4.61. The monoisotopic (exact) mass is 387 g/mol. The summed E-state index contributed by atoms with van der Waals surface area (Å²) in [6.07, 6.45) is 1.83. The topological polar surface area (TPSA) is 46.9 Å². The first-order valence-corrected chi connectivity index (χ1v) is 9.30. The van der Waals surface area contributed by atoms with Gasteiger partial charge in [-0.25, -0.2) is 0 Å². The Kier molecular flexibility index (Phi) is 5.22. The highest BCUT2D eigenvalue weighted by Crippen LogP contribution is 2.20. The minimum absolute atomic E-state index is 0.187. The molecule has 0 aliphatic carbocycles. The van der Waals surface area contributed by atoms with E-state index in [4.69, 9.17) is 11.6 Å². The summed E-state index contributed by atoms with van der Waals surface area (Å²) < 4.78 is 1.76. The van der Waals surface area contributed by atoms with Crippen LogP contribution in [0.2, 0.25) is 5.02 Å². The lowest BCUT2D eigenvalue weighted by atomic mass is 10.0. The lowest BCUT2D eigenvalue weighted by Crippen LogP contribution is -2.12. The van der Waals surface area contributed by atoms with Crippen molar-refractivity contribution in [2.75, 3.05) is 5.32 Å². The number of aromatic nitrogens is 2. The average molecular weight is 388 g/mol. The molecule has 4 aromatic rings. The van der Waals surface area contributed by atoms with Crippen LogP contribution >= 0.6 is 11.6 Å². The quantitative estimate of drug-likeness (QED) is 0.491. The number of amides is 1. The van der Waals surface area contributed by atoms with Crippen LogP contribution in [-0.2, 0) is 6.54 Å². The number of nitrogens with one attached hydrogen (secondary N) is 1. The van der Waals surface area contributed by atoms with E-state index in [0.29, 0.717) is 22.9 Å². The fourth-order valence-electron chi connectivity index (χ4n) is 2.97. The largest absolute Gasteiger partial charge is 0.305 e. The average Bonchev–Trinajstić information content (AvgIpc) is 3.15. The molecule has 1 heterocycles. The molecule has 4 nitrogen and oxygen atoms in total. The van der Waals surface area contributed by atoms with Crippen molar-refractivity contribution < 1.29 is 4.79 Å². The Morgan fingerprint density at radius 3 is 2.39 bits per heavy atom. The maximum atomic E-state index is 12.5. The molecule has 1 N–H and O–H groups in total. The molecule has 1 aromatic heterocycles. The Balaban J connectivity index is 1.42. The molecule has 0 atom stereocenters. The van der Waals surface area contributed by atoms with Crippen molar-refractivity contribution in [3.8, 4) is 11.1 Å². The Bertz CT molecular complexity index is 1090. The standard InChI is InChI=1S/C23H18ClN3O/c24-21-8-4-5-17(15-21)16-27-14-13-22(26-27)25-23(28)20-11-9-19(10-12-20)18-6-2-1-3-7-18/h1-15H,16H2,(H,25,26,28). The van der Waals surface area contributed by atoms with Crippen molar-refractivity contribution in [1.82, 2.24) is 9.78 Å². The van der Waals surface area contributed by atoms with Crippen LogP contribution in [0.15, 0.2) is 91.1 Å². The van der Waals surface area contributed by atoms with Crippen LogP contribution in [0.3, 0.4) is 0 Å². The molecular formula is C23H18ClN3O. The molecule has 5 heteroatoms. The number of rotatable bonds is 5. The summed E-state index contributed by atoms with van der Waals surface area (Å²) in [5.74, 6) is 0.326. The predicted molar refractivity (Wildman–Crippen MR) is 113 cm³/mol. The van der Waals surface area contributed by atoms with Crippen LogP contribution in [0.5, 0.6) is 0 Å². The molecular weight excluding hydrogens is 370 g/mol. The summed E-state index contributed by atoms with van der Waals surface area (Å²) >= 11 is 6.02. The van der Waals surface area contributed by atoms with E-state index >= 15 is 0 Å². The van der Waals surface area contributed by atoms with Gasteiger partial charge in [0.05, 0.1) is 6.54 Å². The lowest BCUT2D eigenvalue weighted by Gasteiger charge is -2.05. The van der Waals surface area contributed by atoms with Gasteiger partial charge in [0.1, 0.15) is 0 Å². The number of nitrogens with zero attached hydrogens (tertiary/aromatic N) is 2. The van der Waals surface area contributed by atoms with E-state index in [0.717, 1.165) is 16.7 Å². The molecule has 28 heavy (non-hydrogen) atoms. The van der Waals surface area contributed by atoms with Gasteiger partial charge in [0.2, 0.25) is 0 Å². The Labute approximate surface area is 168 Å². The predicted octanol–water partition coefficient (Wildman–Crippen LogP) is 5.50.